The Bertz CT molecular complexity index is 1050. The van der Waals surface area contributed by atoms with Gasteiger partial charge in [-0.25, -0.2) is 13.1 Å². The maximum absolute atomic E-state index is 12.7. The number of carbonyl (C=O) groups is 1. The van der Waals surface area contributed by atoms with Gasteiger partial charge in [0.2, 0.25) is 0 Å². The number of nitrogens with one attached hydrogen (secondary N) is 1. The average molecular weight is 406 g/mol. The zero-order valence-electron chi connectivity index (χ0n) is 14.0. The van der Waals surface area contributed by atoms with Crippen molar-refractivity contribution in [3.05, 3.63) is 71.5 Å². The van der Waals surface area contributed by atoms with Crippen LogP contribution in [0.3, 0.4) is 0 Å². The Labute approximate surface area is 161 Å². The molecule has 3 aromatic rings. The van der Waals surface area contributed by atoms with E-state index >= 15 is 0 Å². The number of halogens is 1. The molecule has 0 aliphatic carbocycles. The van der Waals surface area contributed by atoms with Crippen LogP contribution in [-0.2, 0) is 21.2 Å². The van der Waals surface area contributed by atoms with Crippen molar-refractivity contribution in [3.63, 3.8) is 0 Å². The van der Waals surface area contributed by atoms with Crippen molar-refractivity contribution in [2.24, 2.45) is 0 Å². The molecule has 27 heavy (non-hydrogen) atoms. The van der Waals surface area contributed by atoms with Gasteiger partial charge in [0, 0.05) is 23.8 Å². The Morgan fingerprint density at radius 2 is 1.93 bits per heavy atom. The van der Waals surface area contributed by atoms with Gasteiger partial charge in [0.15, 0.2) is 0 Å². The molecule has 140 valence electrons. The average Bonchev–Trinajstić information content (AvgIpc) is 3.14. The topological polar surface area (TPSA) is 101 Å². The molecule has 0 aliphatic heterocycles. The molecule has 0 unspecified atom stereocenters. The lowest BCUT2D eigenvalue weighted by Gasteiger charge is -2.13. The second kappa shape index (κ2) is 7.81. The summed E-state index contributed by atoms with van der Waals surface area (Å²) in [5, 5.41) is 13.2. The van der Waals surface area contributed by atoms with Gasteiger partial charge in [0.05, 0.1) is 16.3 Å². The van der Waals surface area contributed by atoms with Gasteiger partial charge in [-0.15, -0.1) is 0 Å². The van der Waals surface area contributed by atoms with Gasteiger partial charge in [-0.2, -0.15) is 5.10 Å². The maximum atomic E-state index is 12.7. The molecular weight excluding hydrogens is 390 g/mol. The van der Waals surface area contributed by atoms with Crippen LogP contribution in [0, 0.1) is 0 Å². The van der Waals surface area contributed by atoms with E-state index in [2.05, 4.69) is 9.82 Å². The minimum absolute atomic E-state index is 0.0138. The highest BCUT2D eigenvalue weighted by molar-refractivity contribution is 7.92. The minimum Gasteiger partial charge on any atom is -0.481 e. The Balaban J connectivity index is 1.87. The number of hydrogen-bond donors (Lipinski definition) is 2. The third-order valence-electron chi connectivity index (χ3n) is 3.82. The molecule has 0 saturated heterocycles. The zero-order valence-corrected chi connectivity index (χ0v) is 15.6. The zero-order chi connectivity index (χ0) is 19.4. The fraction of sp³-hybridized carbons (Fsp3) is 0.111. The number of hydrogen-bond acceptors (Lipinski definition) is 4. The van der Waals surface area contributed by atoms with Crippen molar-refractivity contribution in [2.75, 3.05) is 4.72 Å². The van der Waals surface area contributed by atoms with Crippen LogP contribution in [-0.4, -0.2) is 29.3 Å². The molecule has 0 bridgehead atoms. The van der Waals surface area contributed by atoms with Gasteiger partial charge in [-0.1, -0.05) is 23.7 Å². The van der Waals surface area contributed by atoms with Crippen molar-refractivity contribution < 1.29 is 18.3 Å². The lowest BCUT2D eigenvalue weighted by atomic mass is 10.1. The number of anilines is 1. The van der Waals surface area contributed by atoms with Crippen LogP contribution in [0.5, 0.6) is 0 Å². The van der Waals surface area contributed by atoms with E-state index in [1.165, 1.54) is 22.9 Å². The number of aryl methyl sites for hydroxylation is 1. The van der Waals surface area contributed by atoms with Gasteiger partial charge in [0.25, 0.3) is 10.0 Å². The summed E-state index contributed by atoms with van der Waals surface area (Å²) in [6, 6.07) is 12.6. The van der Waals surface area contributed by atoms with Crippen LogP contribution in [0.2, 0.25) is 5.02 Å². The summed E-state index contributed by atoms with van der Waals surface area (Å²) >= 11 is 6.02. The molecule has 2 N–H and O–H groups in total. The lowest BCUT2D eigenvalue weighted by Crippen LogP contribution is -2.15. The Morgan fingerprint density at radius 1 is 1.19 bits per heavy atom. The fourth-order valence-corrected chi connectivity index (χ4v) is 3.73. The number of aromatic nitrogens is 2. The first-order valence-corrected chi connectivity index (χ1v) is 9.84. The quantitative estimate of drug-likeness (QED) is 0.627. The van der Waals surface area contributed by atoms with Crippen molar-refractivity contribution in [2.45, 2.75) is 17.7 Å². The predicted octanol–water partition coefficient (Wildman–Crippen LogP) is 3.34. The van der Waals surface area contributed by atoms with Crippen LogP contribution >= 0.6 is 11.6 Å². The third kappa shape index (κ3) is 4.66. The number of nitrogens with zero attached hydrogens (tertiary/aromatic N) is 2. The van der Waals surface area contributed by atoms with Gasteiger partial charge < -0.3 is 5.11 Å². The van der Waals surface area contributed by atoms with E-state index in [1.54, 1.807) is 42.7 Å². The second-order valence-corrected chi connectivity index (χ2v) is 7.87. The number of carboxylic acid groups (broad SMARTS) is 1. The molecule has 0 fully saturated rings. The van der Waals surface area contributed by atoms with Crippen LogP contribution in [0.1, 0.15) is 12.0 Å². The van der Waals surface area contributed by atoms with Crippen LogP contribution < -0.4 is 4.72 Å². The van der Waals surface area contributed by atoms with Crippen molar-refractivity contribution in [1.29, 1.82) is 0 Å². The summed E-state index contributed by atoms with van der Waals surface area (Å²) in [5.41, 5.74) is 1.57. The highest BCUT2D eigenvalue weighted by Crippen LogP contribution is 2.27. The van der Waals surface area contributed by atoms with Gasteiger partial charge in [-0.05, 0) is 48.4 Å². The van der Waals surface area contributed by atoms with E-state index < -0.39 is 16.0 Å². The molecule has 2 aromatic carbocycles. The molecule has 0 atom stereocenters. The smallest absolute Gasteiger partial charge is 0.303 e. The summed E-state index contributed by atoms with van der Waals surface area (Å²) in [7, 11) is -3.86. The van der Waals surface area contributed by atoms with E-state index in [4.69, 9.17) is 16.7 Å². The highest BCUT2D eigenvalue weighted by Gasteiger charge is 2.17. The molecule has 7 nitrogen and oxygen atoms in total. The van der Waals surface area contributed by atoms with Gasteiger partial charge >= 0.3 is 5.97 Å². The predicted molar refractivity (Wildman–Crippen MR) is 102 cm³/mol. The monoisotopic (exact) mass is 405 g/mol. The van der Waals surface area contributed by atoms with E-state index in [0.29, 0.717) is 22.8 Å². The Morgan fingerprint density at radius 3 is 2.56 bits per heavy atom. The minimum atomic E-state index is -3.86. The standard InChI is InChI=1S/C18H16ClN3O4S/c19-14-5-8-17(22-11-1-10-20-22)16(12-14)21-27(25,26)15-6-2-13(3-7-15)4-9-18(23)24/h1-3,5-8,10-12,21H,4,9H2,(H,23,24). The maximum Gasteiger partial charge on any atom is 0.303 e. The van der Waals surface area contributed by atoms with E-state index in [1.807, 2.05) is 0 Å². The van der Waals surface area contributed by atoms with Crippen molar-refractivity contribution >= 4 is 33.3 Å². The van der Waals surface area contributed by atoms with Gasteiger partial charge in [-0.3, -0.25) is 9.52 Å². The molecule has 0 saturated carbocycles. The number of carboxylic acids is 1. The molecule has 0 amide bonds. The van der Waals surface area contributed by atoms with E-state index in [0.717, 1.165) is 5.56 Å². The molecule has 1 aromatic heterocycles. The number of sulfonamides is 1. The molecule has 0 spiro atoms. The molecule has 9 heteroatoms. The van der Waals surface area contributed by atoms with Crippen LogP contribution in [0.25, 0.3) is 5.69 Å². The Kier molecular flexibility index (Phi) is 5.48. The van der Waals surface area contributed by atoms with Gasteiger partial charge in [0.1, 0.15) is 0 Å². The largest absolute Gasteiger partial charge is 0.481 e. The molecule has 0 radical (unpaired) electrons. The first-order chi connectivity index (χ1) is 12.8. The second-order valence-electron chi connectivity index (χ2n) is 5.76. The summed E-state index contributed by atoms with van der Waals surface area (Å²) < 4.78 is 29.5. The number of rotatable bonds is 7. The number of benzene rings is 2. The fourth-order valence-electron chi connectivity index (χ4n) is 2.49. The first kappa shape index (κ1) is 18.9. The lowest BCUT2D eigenvalue weighted by molar-refractivity contribution is -0.136. The van der Waals surface area contributed by atoms with Crippen molar-refractivity contribution in [3.8, 4) is 5.69 Å². The summed E-state index contributed by atoms with van der Waals surface area (Å²) in [6.45, 7) is 0. The molecule has 1 heterocycles. The normalized spacial score (nSPS) is 11.3. The summed E-state index contributed by atoms with van der Waals surface area (Å²) in [6.07, 6.45) is 3.60. The third-order valence-corrected chi connectivity index (χ3v) is 5.43. The van der Waals surface area contributed by atoms with Crippen LogP contribution in [0.15, 0.2) is 65.8 Å². The number of aliphatic carboxylic acids is 1. The summed E-state index contributed by atoms with van der Waals surface area (Å²) in [4.78, 5) is 10.7. The molecule has 3 rings (SSSR count). The SMILES string of the molecule is O=C(O)CCc1ccc(S(=O)(=O)Nc2cc(Cl)ccc2-n2cccn2)cc1. The summed E-state index contributed by atoms with van der Waals surface area (Å²) in [5.74, 6) is -0.902. The molecule has 0 aliphatic rings. The van der Waals surface area contributed by atoms with Crippen molar-refractivity contribution in [1.82, 2.24) is 9.78 Å². The van der Waals surface area contributed by atoms with E-state index in [9.17, 15) is 13.2 Å². The highest BCUT2D eigenvalue weighted by atomic mass is 35.5. The Hall–Kier alpha value is -2.84. The molecular formula is C18H16ClN3O4S. The van der Waals surface area contributed by atoms with Crippen LogP contribution in [0.4, 0.5) is 5.69 Å². The van der Waals surface area contributed by atoms with E-state index in [-0.39, 0.29) is 11.3 Å². The first-order valence-electron chi connectivity index (χ1n) is 7.98.